The first-order valence-electron chi connectivity index (χ1n) is 6.32. The number of nitrogens with one attached hydrogen (secondary N) is 1. The predicted molar refractivity (Wildman–Crippen MR) is 77.5 cm³/mol. The van der Waals surface area contributed by atoms with Crippen LogP contribution in [0.2, 0.25) is 0 Å². The van der Waals surface area contributed by atoms with E-state index in [0.717, 1.165) is 0 Å². The van der Waals surface area contributed by atoms with Crippen LogP contribution in [0.15, 0.2) is 23.1 Å². The molecule has 0 fully saturated rings. The van der Waals surface area contributed by atoms with Crippen molar-refractivity contribution in [2.24, 2.45) is 5.14 Å². The Morgan fingerprint density at radius 1 is 1.43 bits per heavy atom. The van der Waals surface area contributed by atoms with E-state index in [9.17, 15) is 13.2 Å². The van der Waals surface area contributed by atoms with Crippen LogP contribution in [0.5, 0.6) is 5.75 Å². The zero-order valence-corrected chi connectivity index (χ0v) is 13.1. The summed E-state index contributed by atoms with van der Waals surface area (Å²) in [4.78, 5) is 11.8. The molecule has 0 aliphatic rings. The lowest BCUT2D eigenvalue weighted by molar-refractivity contribution is -0.127. The number of carbonyl (C=O) groups is 1. The van der Waals surface area contributed by atoms with Gasteiger partial charge in [-0.25, -0.2) is 13.6 Å². The minimum atomic E-state index is -3.76. The van der Waals surface area contributed by atoms with Crippen molar-refractivity contribution in [1.82, 2.24) is 5.32 Å². The van der Waals surface area contributed by atoms with Crippen molar-refractivity contribution < 1.29 is 22.7 Å². The Hall–Kier alpha value is -1.64. The fourth-order valence-corrected chi connectivity index (χ4v) is 2.46. The fourth-order valence-electron chi connectivity index (χ4n) is 1.69. The second kappa shape index (κ2) is 7.39. The minimum absolute atomic E-state index is 0.0343. The lowest BCUT2D eigenvalue weighted by Gasteiger charge is -2.15. The highest BCUT2D eigenvalue weighted by molar-refractivity contribution is 7.89. The normalized spacial score (nSPS) is 12.8. The van der Waals surface area contributed by atoms with E-state index >= 15 is 0 Å². The molecule has 1 aromatic carbocycles. The molecule has 1 aromatic rings. The van der Waals surface area contributed by atoms with Crippen LogP contribution in [0.4, 0.5) is 0 Å². The van der Waals surface area contributed by atoms with Crippen LogP contribution in [0.3, 0.4) is 0 Å². The van der Waals surface area contributed by atoms with Gasteiger partial charge in [0, 0.05) is 13.7 Å². The van der Waals surface area contributed by atoms with Crippen molar-refractivity contribution in [1.29, 1.82) is 0 Å². The number of methoxy groups -OCH3 is 1. The SMILES string of the molecule is COCCNC(=O)C(C)Oc1ccc(S(N)(=O)=O)c(C)c1. The molecule has 3 N–H and O–H groups in total. The van der Waals surface area contributed by atoms with Crippen LogP contribution < -0.4 is 15.2 Å². The van der Waals surface area contributed by atoms with Crippen LogP contribution in [-0.4, -0.2) is 40.7 Å². The molecule has 0 spiro atoms. The second-order valence-electron chi connectivity index (χ2n) is 4.52. The number of rotatable bonds is 7. The quantitative estimate of drug-likeness (QED) is 0.697. The predicted octanol–water partition coefficient (Wildman–Crippen LogP) is 0.172. The first-order valence-corrected chi connectivity index (χ1v) is 7.87. The average molecular weight is 316 g/mol. The van der Waals surface area contributed by atoms with Crippen LogP contribution in [0.1, 0.15) is 12.5 Å². The van der Waals surface area contributed by atoms with Crippen molar-refractivity contribution in [2.75, 3.05) is 20.3 Å². The van der Waals surface area contributed by atoms with Crippen molar-refractivity contribution in [3.8, 4) is 5.75 Å². The highest BCUT2D eigenvalue weighted by Gasteiger charge is 2.16. The van der Waals surface area contributed by atoms with E-state index in [1.54, 1.807) is 21.0 Å². The van der Waals surface area contributed by atoms with E-state index in [-0.39, 0.29) is 10.8 Å². The van der Waals surface area contributed by atoms with Gasteiger partial charge in [0.05, 0.1) is 11.5 Å². The van der Waals surface area contributed by atoms with Crippen LogP contribution >= 0.6 is 0 Å². The van der Waals surface area contributed by atoms with Crippen molar-refractivity contribution in [2.45, 2.75) is 24.8 Å². The maximum Gasteiger partial charge on any atom is 0.260 e. The van der Waals surface area contributed by atoms with Gasteiger partial charge in [0.15, 0.2) is 6.10 Å². The molecule has 0 heterocycles. The number of primary sulfonamides is 1. The van der Waals surface area contributed by atoms with Gasteiger partial charge in [-0.15, -0.1) is 0 Å². The van der Waals surface area contributed by atoms with Gasteiger partial charge < -0.3 is 14.8 Å². The van der Waals surface area contributed by atoms with Crippen LogP contribution in [0, 0.1) is 6.92 Å². The molecule has 118 valence electrons. The number of nitrogens with two attached hydrogens (primary N) is 1. The zero-order chi connectivity index (χ0) is 16.0. The fraction of sp³-hybridized carbons (Fsp3) is 0.462. The molecule has 1 amide bonds. The Morgan fingerprint density at radius 3 is 2.62 bits per heavy atom. The van der Waals surface area contributed by atoms with E-state index in [0.29, 0.717) is 24.5 Å². The van der Waals surface area contributed by atoms with Crippen molar-refractivity contribution in [3.63, 3.8) is 0 Å². The van der Waals surface area contributed by atoms with E-state index < -0.39 is 16.1 Å². The number of sulfonamides is 1. The van der Waals surface area contributed by atoms with Gasteiger partial charge in [-0.2, -0.15) is 0 Å². The Morgan fingerprint density at radius 2 is 2.10 bits per heavy atom. The molecular formula is C13H20N2O5S. The lowest BCUT2D eigenvalue weighted by atomic mass is 10.2. The van der Waals surface area contributed by atoms with E-state index in [4.69, 9.17) is 14.6 Å². The summed E-state index contributed by atoms with van der Waals surface area (Å²) in [5, 5.41) is 7.73. The molecule has 0 saturated carbocycles. The topological polar surface area (TPSA) is 108 Å². The minimum Gasteiger partial charge on any atom is -0.481 e. The molecule has 0 bridgehead atoms. The van der Waals surface area contributed by atoms with Gasteiger partial charge in [-0.05, 0) is 37.6 Å². The number of hydrogen-bond donors (Lipinski definition) is 2. The van der Waals surface area contributed by atoms with E-state index in [1.165, 1.54) is 18.2 Å². The number of amides is 1. The van der Waals surface area contributed by atoms with Gasteiger partial charge in [-0.1, -0.05) is 0 Å². The highest BCUT2D eigenvalue weighted by Crippen LogP contribution is 2.21. The molecule has 0 aliphatic carbocycles. The van der Waals surface area contributed by atoms with Gasteiger partial charge in [0.25, 0.3) is 5.91 Å². The number of benzene rings is 1. The molecule has 21 heavy (non-hydrogen) atoms. The molecule has 0 saturated heterocycles. The van der Waals surface area contributed by atoms with Gasteiger partial charge in [0.1, 0.15) is 5.75 Å². The van der Waals surface area contributed by atoms with Gasteiger partial charge >= 0.3 is 0 Å². The second-order valence-corrected chi connectivity index (χ2v) is 6.05. The van der Waals surface area contributed by atoms with Crippen LogP contribution in [-0.2, 0) is 19.6 Å². The number of aryl methyl sites for hydroxylation is 1. The average Bonchev–Trinajstić information content (AvgIpc) is 2.37. The van der Waals surface area contributed by atoms with Crippen LogP contribution in [0.25, 0.3) is 0 Å². The molecule has 0 radical (unpaired) electrons. The summed E-state index contributed by atoms with van der Waals surface area (Å²) in [5.74, 6) is 0.120. The summed E-state index contributed by atoms with van der Waals surface area (Å²) in [7, 11) is -2.22. The zero-order valence-electron chi connectivity index (χ0n) is 12.3. The smallest absolute Gasteiger partial charge is 0.260 e. The van der Waals surface area contributed by atoms with E-state index in [1.807, 2.05) is 0 Å². The summed E-state index contributed by atoms with van der Waals surface area (Å²) < 4.78 is 32.9. The highest BCUT2D eigenvalue weighted by atomic mass is 32.2. The Labute approximate surface area is 124 Å². The maximum atomic E-state index is 11.7. The monoisotopic (exact) mass is 316 g/mol. The van der Waals surface area contributed by atoms with Gasteiger partial charge in [-0.3, -0.25) is 4.79 Å². The molecule has 1 atom stereocenters. The summed E-state index contributed by atoms with van der Waals surface area (Å²) in [6.07, 6.45) is -0.707. The molecule has 7 nitrogen and oxygen atoms in total. The summed E-state index contributed by atoms with van der Waals surface area (Å²) in [5.41, 5.74) is 0.460. The molecule has 1 rings (SSSR count). The van der Waals surface area contributed by atoms with E-state index in [2.05, 4.69) is 5.32 Å². The maximum absolute atomic E-state index is 11.7. The lowest BCUT2D eigenvalue weighted by Crippen LogP contribution is -2.37. The molecule has 0 aliphatic heterocycles. The Kier molecular flexibility index (Phi) is 6.13. The number of carbonyl (C=O) groups excluding carboxylic acids is 1. The van der Waals surface area contributed by atoms with Gasteiger partial charge in [0.2, 0.25) is 10.0 Å². The first kappa shape index (κ1) is 17.4. The molecular weight excluding hydrogens is 296 g/mol. The third kappa shape index (κ3) is 5.33. The third-order valence-corrected chi connectivity index (χ3v) is 3.81. The number of ether oxygens (including phenoxy) is 2. The molecule has 1 unspecified atom stereocenters. The molecule has 8 heteroatoms. The number of hydrogen-bond acceptors (Lipinski definition) is 5. The first-order chi connectivity index (χ1) is 9.75. The Bertz CT molecular complexity index is 601. The van der Waals surface area contributed by atoms with Crippen molar-refractivity contribution in [3.05, 3.63) is 23.8 Å². The summed E-state index contributed by atoms with van der Waals surface area (Å²) >= 11 is 0. The van der Waals surface area contributed by atoms with Crippen molar-refractivity contribution >= 4 is 15.9 Å². The summed E-state index contributed by atoms with van der Waals surface area (Å²) in [6.45, 7) is 4.02. The largest absolute Gasteiger partial charge is 0.481 e. The standard InChI is InChI=1S/C13H20N2O5S/c1-9-8-11(4-5-12(9)21(14,17)18)20-10(2)13(16)15-6-7-19-3/h4-5,8,10H,6-7H2,1-3H3,(H,15,16)(H2,14,17,18). The Balaban J connectivity index is 2.71. The third-order valence-electron chi connectivity index (χ3n) is 2.74. The molecule has 0 aromatic heterocycles. The summed E-state index contributed by atoms with van der Waals surface area (Å²) in [6, 6.07) is 4.35.